The number of hydrogen-bond acceptors (Lipinski definition) is 5. The number of nitrogens with zero attached hydrogens (tertiary/aromatic N) is 4. The number of amides is 1. The first-order valence-electron chi connectivity index (χ1n) is 8.48. The second-order valence-corrected chi connectivity index (χ2v) is 6.52. The van der Waals surface area contributed by atoms with Crippen LogP contribution in [0.1, 0.15) is 54.8 Å². The molecule has 1 aromatic carbocycles. The lowest BCUT2D eigenvalue weighted by atomic mass is 10.1. The molecule has 0 bridgehead atoms. The maximum absolute atomic E-state index is 12.5. The lowest BCUT2D eigenvalue weighted by Crippen LogP contribution is -2.49. The van der Waals surface area contributed by atoms with E-state index in [9.17, 15) is 4.79 Å². The molecule has 1 amide bonds. The Morgan fingerprint density at radius 2 is 1.75 bits per heavy atom. The van der Waals surface area contributed by atoms with Crippen molar-refractivity contribution in [2.45, 2.75) is 32.7 Å². The van der Waals surface area contributed by atoms with Gasteiger partial charge < -0.3 is 9.42 Å². The third kappa shape index (κ3) is 3.48. The average Bonchev–Trinajstić information content (AvgIpc) is 3.12. The van der Waals surface area contributed by atoms with Gasteiger partial charge in [-0.15, -0.1) is 0 Å². The van der Waals surface area contributed by atoms with E-state index in [1.165, 1.54) is 0 Å². The second-order valence-electron chi connectivity index (χ2n) is 6.52. The summed E-state index contributed by atoms with van der Waals surface area (Å²) in [5, 5.41) is 4.04. The summed E-state index contributed by atoms with van der Waals surface area (Å²) < 4.78 is 5.40. The van der Waals surface area contributed by atoms with E-state index in [4.69, 9.17) is 4.52 Å². The van der Waals surface area contributed by atoms with Crippen LogP contribution in [-0.2, 0) is 0 Å². The summed E-state index contributed by atoms with van der Waals surface area (Å²) in [4.78, 5) is 21.2. The molecule has 2 heterocycles. The van der Waals surface area contributed by atoms with Crippen molar-refractivity contribution in [2.24, 2.45) is 0 Å². The van der Waals surface area contributed by atoms with Crippen molar-refractivity contribution in [1.82, 2.24) is 19.9 Å². The number of aromatic nitrogens is 2. The van der Waals surface area contributed by atoms with Crippen molar-refractivity contribution in [3.8, 4) is 0 Å². The highest BCUT2D eigenvalue weighted by Crippen LogP contribution is 2.22. The van der Waals surface area contributed by atoms with Gasteiger partial charge in [-0.25, -0.2) is 0 Å². The van der Waals surface area contributed by atoms with Crippen LogP contribution in [0, 0.1) is 0 Å². The van der Waals surface area contributed by atoms with Crippen molar-refractivity contribution >= 4 is 5.91 Å². The van der Waals surface area contributed by atoms with Gasteiger partial charge in [-0.3, -0.25) is 9.69 Å². The van der Waals surface area contributed by atoms with Gasteiger partial charge in [0, 0.05) is 37.7 Å². The first-order valence-corrected chi connectivity index (χ1v) is 8.48. The molecule has 1 atom stereocenters. The normalized spacial score (nSPS) is 17.2. The molecule has 2 aromatic rings. The zero-order valence-corrected chi connectivity index (χ0v) is 14.5. The number of carbonyl (C=O) groups excluding carboxylic acids is 1. The molecule has 1 unspecified atom stereocenters. The first-order chi connectivity index (χ1) is 11.6. The molecule has 6 heteroatoms. The summed E-state index contributed by atoms with van der Waals surface area (Å²) in [7, 11) is 0. The molecule has 3 rings (SSSR count). The van der Waals surface area contributed by atoms with Crippen LogP contribution in [0.5, 0.6) is 0 Å². The molecule has 0 radical (unpaired) electrons. The number of rotatable bonds is 4. The molecule has 1 fully saturated rings. The Labute approximate surface area is 142 Å². The zero-order valence-electron chi connectivity index (χ0n) is 14.5. The summed E-state index contributed by atoms with van der Waals surface area (Å²) in [6.45, 7) is 9.21. The summed E-state index contributed by atoms with van der Waals surface area (Å²) in [6, 6.07) is 9.51. The van der Waals surface area contributed by atoms with E-state index in [1.807, 2.05) is 49.1 Å². The summed E-state index contributed by atoms with van der Waals surface area (Å²) in [6.07, 6.45) is 0. The molecule has 1 aliphatic rings. The van der Waals surface area contributed by atoms with Gasteiger partial charge in [0.1, 0.15) is 0 Å². The van der Waals surface area contributed by atoms with Crippen molar-refractivity contribution in [2.75, 3.05) is 26.2 Å². The first kappa shape index (κ1) is 16.6. The van der Waals surface area contributed by atoms with E-state index >= 15 is 0 Å². The maximum atomic E-state index is 12.5. The standard InChI is InChI=1S/C18H24N4O2/c1-13(2)16-19-17(24-20-16)14(3)21-9-11-22(12-10-21)18(23)15-7-5-4-6-8-15/h4-8,13-14H,9-12H2,1-3H3. The highest BCUT2D eigenvalue weighted by atomic mass is 16.5. The fourth-order valence-electron chi connectivity index (χ4n) is 2.88. The highest BCUT2D eigenvalue weighted by molar-refractivity contribution is 5.94. The van der Waals surface area contributed by atoms with Crippen LogP contribution in [0.3, 0.4) is 0 Å². The van der Waals surface area contributed by atoms with E-state index < -0.39 is 0 Å². The molecule has 0 N–H and O–H groups in total. The van der Waals surface area contributed by atoms with Crippen molar-refractivity contribution in [3.63, 3.8) is 0 Å². The fourth-order valence-corrected chi connectivity index (χ4v) is 2.88. The Balaban J connectivity index is 1.59. The lowest BCUT2D eigenvalue weighted by Gasteiger charge is -2.36. The minimum Gasteiger partial charge on any atom is -0.338 e. The second kappa shape index (κ2) is 7.13. The molecule has 6 nitrogen and oxygen atoms in total. The highest BCUT2D eigenvalue weighted by Gasteiger charge is 2.28. The Morgan fingerprint density at radius 3 is 2.33 bits per heavy atom. The third-order valence-corrected chi connectivity index (χ3v) is 4.50. The smallest absolute Gasteiger partial charge is 0.253 e. The summed E-state index contributed by atoms with van der Waals surface area (Å²) in [5.41, 5.74) is 0.748. The molecular formula is C18H24N4O2. The average molecular weight is 328 g/mol. The van der Waals surface area contributed by atoms with Crippen LogP contribution < -0.4 is 0 Å². The Kier molecular flexibility index (Phi) is 4.94. The molecule has 24 heavy (non-hydrogen) atoms. The molecule has 0 aliphatic carbocycles. The Hall–Kier alpha value is -2.21. The SMILES string of the molecule is CC(C)c1noc(C(C)N2CCN(C(=O)c3ccccc3)CC2)n1. The van der Waals surface area contributed by atoms with Crippen LogP contribution in [-0.4, -0.2) is 52.0 Å². The van der Waals surface area contributed by atoms with Crippen LogP contribution in [0.4, 0.5) is 0 Å². The van der Waals surface area contributed by atoms with Crippen molar-refractivity contribution in [1.29, 1.82) is 0 Å². The van der Waals surface area contributed by atoms with E-state index in [1.54, 1.807) is 0 Å². The van der Waals surface area contributed by atoms with E-state index in [0.29, 0.717) is 19.0 Å². The van der Waals surface area contributed by atoms with E-state index in [2.05, 4.69) is 22.0 Å². The minimum absolute atomic E-state index is 0.0685. The van der Waals surface area contributed by atoms with Gasteiger partial charge in [0.25, 0.3) is 5.91 Å². The Bertz CT molecular complexity index is 675. The van der Waals surface area contributed by atoms with Gasteiger partial charge in [0.15, 0.2) is 5.82 Å². The number of piperazine rings is 1. The zero-order chi connectivity index (χ0) is 17.1. The molecule has 128 valence electrons. The topological polar surface area (TPSA) is 62.5 Å². The predicted molar refractivity (Wildman–Crippen MR) is 90.7 cm³/mol. The van der Waals surface area contributed by atoms with E-state index in [-0.39, 0.29) is 17.9 Å². The third-order valence-electron chi connectivity index (χ3n) is 4.50. The molecule has 1 aliphatic heterocycles. The predicted octanol–water partition coefficient (Wildman–Crippen LogP) is 2.71. The monoisotopic (exact) mass is 328 g/mol. The van der Waals surface area contributed by atoms with Gasteiger partial charge in [0.05, 0.1) is 6.04 Å². The van der Waals surface area contributed by atoms with E-state index in [0.717, 1.165) is 24.5 Å². The number of hydrogen-bond donors (Lipinski definition) is 0. The fraction of sp³-hybridized carbons (Fsp3) is 0.500. The molecule has 1 saturated heterocycles. The molecular weight excluding hydrogens is 304 g/mol. The summed E-state index contributed by atoms with van der Waals surface area (Å²) >= 11 is 0. The quantitative estimate of drug-likeness (QED) is 0.863. The summed E-state index contributed by atoms with van der Waals surface area (Å²) in [5.74, 6) is 1.76. The van der Waals surface area contributed by atoms with Gasteiger partial charge >= 0.3 is 0 Å². The van der Waals surface area contributed by atoms with Gasteiger partial charge in [-0.2, -0.15) is 4.98 Å². The molecule has 0 saturated carbocycles. The maximum Gasteiger partial charge on any atom is 0.253 e. The largest absolute Gasteiger partial charge is 0.338 e. The minimum atomic E-state index is 0.0685. The molecule has 0 spiro atoms. The van der Waals surface area contributed by atoms with Crippen LogP contribution in [0.25, 0.3) is 0 Å². The van der Waals surface area contributed by atoms with Gasteiger partial charge in [0.2, 0.25) is 5.89 Å². The molecule has 1 aromatic heterocycles. The van der Waals surface area contributed by atoms with Crippen molar-refractivity contribution < 1.29 is 9.32 Å². The van der Waals surface area contributed by atoms with Gasteiger partial charge in [-0.1, -0.05) is 37.2 Å². The van der Waals surface area contributed by atoms with Crippen molar-refractivity contribution in [3.05, 3.63) is 47.6 Å². The van der Waals surface area contributed by atoms with Crippen LogP contribution in [0.15, 0.2) is 34.9 Å². The number of carbonyl (C=O) groups is 1. The lowest BCUT2D eigenvalue weighted by molar-refractivity contribution is 0.0551. The van der Waals surface area contributed by atoms with Crippen LogP contribution in [0.2, 0.25) is 0 Å². The number of benzene rings is 1. The Morgan fingerprint density at radius 1 is 1.08 bits per heavy atom. The van der Waals surface area contributed by atoms with Gasteiger partial charge in [-0.05, 0) is 19.1 Å². The van der Waals surface area contributed by atoms with Crippen LogP contribution >= 0.6 is 0 Å².